The lowest BCUT2D eigenvalue weighted by atomic mass is 10.0. The number of allylic oxidation sites excluding steroid dienone is 4. The van der Waals surface area contributed by atoms with Gasteiger partial charge >= 0.3 is 19.8 Å². The Morgan fingerprint density at radius 1 is 0.542 bits per heavy atom. The summed E-state index contributed by atoms with van der Waals surface area (Å²) < 4.78 is 26.3. The number of phosphoric acid groups is 1. The summed E-state index contributed by atoms with van der Waals surface area (Å²) in [5, 5.41) is 0. The van der Waals surface area contributed by atoms with Crippen LogP contribution in [0.5, 0.6) is 0 Å². The van der Waals surface area contributed by atoms with Crippen LogP contribution in [0.1, 0.15) is 194 Å². The first-order valence-electron chi connectivity index (χ1n) is 19.6. The number of carbonyl (C=O) groups is 2. The van der Waals surface area contributed by atoms with Gasteiger partial charge < -0.3 is 19.3 Å². The lowest BCUT2D eigenvalue weighted by Gasteiger charge is -2.18. The maximum Gasteiger partial charge on any atom is 0.469 e. The molecule has 0 bridgehead atoms. The van der Waals surface area contributed by atoms with Gasteiger partial charge in [-0.15, -0.1) is 0 Å². The van der Waals surface area contributed by atoms with Crippen LogP contribution in [0.25, 0.3) is 0 Å². The summed E-state index contributed by atoms with van der Waals surface area (Å²) in [4.78, 5) is 42.7. The van der Waals surface area contributed by atoms with Crippen molar-refractivity contribution in [3.05, 3.63) is 24.3 Å². The van der Waals surface area contributed by atoms with Gasteiger partial charge in [-0.05, 0) is 44.9 Å². The van der Waals surface area contributed by atoms with Crippen LogP contribution in [-0.4, -0.2) is 41.0 Å². The Balaban J connectivity index is 3.95. The first-order valence-corrected chi connectivity index (χ1v) is 21.2. The van der Waals surface area contributed by atoms with Crippen molar-refractivity contribution in [2.75, 3.05) is 13.2 Å². The van der Waals surface area contributed by atoms with Gasteiger partial charge in [0.1, 0.15) is 6.61 Å². The number of carbonyl (C=O) groups excluding carboxylic acids is 2. The van der Waals surface area contributed by atoms with Crippen LogP contribution in [0.4, 0.5) is 0 Å². The Labute approximate surface area is 294 Å². The third-order valence-electron chi connectivity index (χ3n) is 8.47. The highest BCUT2D eigenvalue weighted by Crippen LogP contribution is 2.36. The van der Waals surface area contributed by atoms with E-state index < -0.39 is 32.5 Å². The Kier molecular flexibility index (Phi) is 34.3. The second-order valence-electron chi connectivity index (χ2n) is 13.3. The van der Waals surface area contributed by atoms with Crippen molar-refractivity contribution in [3.8, 4) is 0 Å². The highest BCUT2D eigenvalue weighted by molar-refractivity contribution is 7.46. The van der Waals surface area contributed by atoms with E-state index in [1.54, 1.807) is 0 Å². The average molecular weight is 701 g/mol. The molecule has 0 rings (SSSR count). The van der Waals surface area contributed by atoms with Crippen LogP contribution >= 0.6 is 7.82 Å². The molecule has 0 aliphatic heterocycles. The summed E-state index contributed by atoms with van der Waals surface area (Å²) in [5.41, 5.74) is 0. The molecule has 0 aliphatic carbocycles. The molecular formula is C39H73O8P. The number of esters is 2. The van der Waals surface area contributed by atoms with Gasteiger partial charge in [-0.25, -0.2) is 4.57 Å². The van der Waals surface area contributed by atoms with Crippen LogP contribution in [0.2, 0.25) is 0 Å². The molecule has 0 heterocycles. The molecule has 0 aromatic heterocycles. The summed E-state index contributed by atoms with van der Waals surface area (Å²) >= 11 is 0. The number of ether oxygens (including phenoxy) is 2. The van der Waals surface area contributed by atoms with E-state index in [0.717, 1.165) is 57.8 Å². The van der Waals surface area contributed by atoms with Crippen molar-refractivity contribution in [2.45, 2.75) is 200 Å². The first-order chi connectivity index (χ1) is 23.3. The van der Waals surface area contributed by atoms with Crippen molar-refractivity contribution >= 4 is 19.8 Å². The van der Waals surface area contributed by atoms with Crippen LogP contribution in [0.15, 0.2) is 24.3 Å². The van der Waals surface area contributed by atoms with E-state index in [1.165, 1.54) is 96.3 Å². The van der Waals surface area contributed by atoms with Gasteiger partial charge in [0.2, 0.25) is 0 Å². The molecule has 1 atom stereocenters. The van der Waals surface area contributed by atoms with Crippen LogP contribution in [-0.2, 0) is 28.2 Å². The molecule has 8 nitrogen and oxygen atoms in total. The van der Waals surface area contributed by atoms with Gasteiger partial charge in [-0.1, -0.05) is 160 Å². The molecule has 0 fully saturated rings. The van der Waals surface area contributed by atoms with Crippen LogP contribution < -0.4 is 0 Å². The summed E-state index contributed by atoms with van der Waals surface area (Å²) in [6.45, 7) is 3.65. The maximum atomic E-state index is 12.4. The Hall–Kier alpha value is -1.47. The van der Waals surface area contributed by atoms with Gasteiger partial charge in [0.15, 0.2) is 6.10 Å². The number of phosphoric ester groups is 1. The van der Waals surface area contributed by atoms with Gasteiger partial charge in [0, 0.05) is 12.8 Å². The van der Waals surface area contributed by atoms with Crippen molar-refractivity contribution in [1.82, 2.24) is 0 Å². The highest BCUT2D eigenvalue weighted by Gasteiger charge is 2.22. The zero-order chi connectivity index (χ0) is 35.4. The van der Waals surface area contributed by atoms with Gasteiger partial charge in [-0.2, -0.15) is 0 Å². The van der Waals surface area contributed by atoms with Crippen molar-refractivity contribution < 1.29 is 37.9 Å². The van der Waals surface area contributed by atoms with Gasteiger partial charge in [0.05, 0.1) is 6.61 Å². The number of hydrogen-bond acceptors (Lipinski definition) is 6. The summed E-state index contributed by atoms with van der Waals surface area (Å²) in [5.74, 6) is -0.894. The minimum absolute atomic E-state index is 0.213. The Morgan fingerprint density at radius 2 is 0.938 bits per heavy atom. The quantitative estimate of drug-likeness (QED) is 0.0287. The smallest absolute Gasteiger partial charge is 0.462 e. The topological polar surface area (TPSA) is 119 Å². The second-order valence-corrected chi connectivity index (χ2v) is 14.5. The fourth-order valence-corrected chi connectivity index (χ4v) is 5.88. The van der Waals surface area contributed by atoms with Gasteiger partial charge in [0.25, 0.3) is 0 Å². The minimum Gasteiger partial charge on any atom is -0.462 e. The minimum atomic E-state index is -4.75. The fraction of sp³-hybridized carbons (Fsp3) is 0.846. The monoisotopic (exact) mass is 701 g/mol. The number of hydrogen-bond donors (Lipinski definition) is 2. The van der Waals surface area contributed by atoms with E-state index in [4.69, 9.17) is 19.3 Å². The highest BCUT2D eigenvalue weighted by atomic mass is 31.2. The molecule has 0 saturated carbocycles. The largest absolute Gasteiger partial charge is 0.469 e. The Bertz CT molecular complexity index is 838. The lowest BCUT2D eigenvalue weighted by Crippen LogP contribution is -2.29. The molecule has 2 N–H and O–H groups in total. The zero-order valence-electron chi connectivity index (χ0n) is 30.9. The molecule has 0 aliphatic rings. The zero-order valence-corrected chi connectivity index (χ0v) is 31.8. The SMILES string of the molecule is CCCCC/C=C\C/C=C\CCCCCCCC(=O)OC[C@H](COP(=O)(O)O)OC(=O)CCCCCCCCCCCCCCCCC. The summed E-state index contributed by atoms with van der Waals surface area (Å²) in [6, 6.07) is 0. The van der Waals surface area contributed by atoms with E-state index in [-0.39, 0.29) is 19.4 Å². The molecule has 9 heteroatoms. The van der Waals surface area contributed by atoms with Crippen molar-refractivity contribution in [1.29, 1.82) is 0 Å². The maximum absolute atomic E-state index is 12.4. The molecule has 48 heavy (non-hydrogen) atoms. The van der Waals surface area contributed by atoms with E-state index in [0.29, 0.717) is 12.8 Å². The fourth-order valence-electron chi connectivity index (χ4n) is 5.52. The average Bonchev–Trinajstić information content (AvgIpc) is 3.05. The normalized spacial score (nSPS) is 12.7. The molecule has 0 radical (unpaired) electrons. The third kappa shape index (κ3) is 37.4. The first kappa shape index (κ1) is 46.5. The molecule has 0 amide bonds. The molecule has 0 aromatic carbocycles. The van der Waals surface area contributed by atoms with Crippen molar-refractivity contribution in [3.63, 3.8) is 0 Å². The summed E-state index contributed by atoms with van der Waals surface area (Å²) in [7, 11) is -4.75. The van der Waals surface area contributed by atoms with E-state index >= 15 is 0 Å². The molecular weight excluding hydrogens is 627 g/mol. The predicted molar refractivity (Wildman–Crippen MR) is 198 cm³/mol. The van der Waals surface area contributed by atoms with Crippen LogP contribution in [0.3, 0.4) is 0 Å². The van der Waals surface area contributed by atoms with Gasteiger partial charge in [-0.3, -0.25) is 14.1 Å². The molecule has 0 aromatic rings. The molecule has 282 valence electrons. The van der Waals surface area contributed by atoms with E-state index in [2.05, 4.69) is 42.7 Å². The standard InChI is InChI=1S/C39H73O8P/c1-3-5-7-9-11-13-15-17-19-21-23-25-27-29-31-33-38(40)45-35-37(36-46-48(42,43)44)47-39(41)34-32-30-28-26-24-22-20-18-16-14-12-10-8-6-4-2/h11,13,17,19,37H,3-10,12,14-16,18,20-36H2,1-2H3,(H2,42,43,44)/b13-11-,19-17-/t37-/m1/s1. The summed E-state index contributed by atoms with van der Waals surface area (Å²) in [6.07, 6.45) is 38.9. The second kappa shape index (κ2) is 35.4. The Morgan fingerprint density at radius 3 is 1.42 bits per heavy atom. The molecule has 0 spiro atoms. The molecule has 0 saturated heterocycles. The third-order valence-corrected chi connectivity index (χ3v) is 8.96. The predicted octanol–water partition coefficient (Wildman–Crippen LogP) is 11.6. The molecule has 0 unspecified atom stereocenters. The lowest BCUT2D eigenvalue weighted by molar-refractivity contribution is -0.161. The van der Waals surface area contributed by atoms with Crippen molar-refractivity contribution in [2.24, 2.45) is 0 Å². The van der Waals surface area contributed by atoms with E-state index in [9.17, 15) is 14.2 Å². The van der Waals surface area contributed by atoms with Crippen LogP contribution in [0, 0.1) is 0 Å². The van der Waals surface area contributed by atoms with E-state index in [1.807, 2.05) is 0 Å². The number of unbranched alkanes of at least 4 members (excludes halogenated alkanes) is 22. The number of rotatable bonds is 36.